The fourth-order valence-corrected chi connectivity index (χ4v) is 1.73. The van der Waals surface area contributed by atoms with Crippen LogP contribution in [-0.4, -0.2) is 52.1 Å². The lowest BCUT2D eigenvalue weighted by molar-refractivity contribution is -0.167. The van der Waals surface area contributed by atoms with Crippen molar-refractivity contribution in [1.29, 1.82) is 0 Å². The molecule has 152 valence electrons. The molecule has 26 heavy (non-hydrogen) atoms. The van der Waals surface area contributed by atoms with E-state index in [-0.39, 0.29) is 0 Å². The van der Waals surface area contributed by atoms with Crippen molar-refractivity contribution in [3.05, 3.63) is 0 Å². The summed E-state index contributed by atoms with van der Waals surface area (Å²) in [7, 11) is 0. The summed E-state index contributed by atoms with van der Waals surface area (Å²) in [6.07, 6.45) is -2.87. The van der Waals surface area contributed by atoms with Crippen LogP contribution in [-0.2, 0) is 23.8 Å². The molecular formula is C18H33NO7. The van der Waals surface area contributed by atoms with Crippen LogP contribution in [0.2, 0.25) is 0 Å². The van der Waals surface area contributed by atoms with Crippen molar-refractivity contribution < 1.29 is 33.7 Å². The van der Waals surface area contributed by atoms with Gasteiger partial charge in [-0.15, -0.1) is 0 Å². The first-order valence-electron chi connectivity index (χ1n) is 8.53. The number of alkyl carbamates (subject to hydrolysis) is 1. The number of rotatable bonds is 5. The molecular weight excluding hydrogens is 342 g/mol. The summed E-state index contributed by atoms with van der Waals surface area (Å²) < 4.78 is 15.4. The Morgan fingerprint density at radius 1 is 0.769 bits per heavy atom. The molecule has 2 atom stereocenters. The predicted octanol–water partition coefficient (Wildman–Crippen LogP) is 2.31. The molecule has 0 fully saturated rings. The first-order chi connectivity index (χ1) is 11.4. The van der Waals surface area contributed by atoms with Gasteiger partial charge in [-0.1, -0.05) is 0 Å². The molecule has 2 N–H and O–H groups in total. The molecule has 0 radical (unpaired) electrons. The predicted molar refractivity (Wildman–Crippen MR) is 95.5 cm³/mol. The Bertz CT molecular complexity index is 509. The van der Waals surface area contributed by atoms with Crippen LogP contribution in [0.15, 0.2) is 0 Å². The van der Waals surface area contributed by atoms with Crippen molar-refractivity contribution in [3.63, 3.8) is 0 Å². The second-order valence-corrected chi connectivity index (χ2v) is 9.02. The Kier molecular flexibility index (Phi) is 8.09. The molecule has 0 aromatic carbocycles. The maximum atomic E-state index is 12.3. The van der Waals surface area contributed by atoms with Crippen molar-refractivity contribution in [2.45, 2.75) is 97.7 Å². The number of amides is 1. The van der Waals surface area contributed by atoms with Crippen LogP contribution < -0.4 is 5.32 Å². The van der Waals surface area contributed by atoms with Crippen LogP contribution in [0.4, 0.5) is 4.79 Å². The van der Waals surface area contributed by atoms with Crippen molar-refractivity contribution in [2.24, 2.45) is 0 Å². The number of aliphatic hydroxyl groups excluding tert-OH is 1. The van der Waals surface area contributed by atoms with Crippen molar-refractivity contribution in [3.8, 4) is 0 Å². The topological polar surface area (TPSA) is 111 Å². The van der Waals surface area contributed by atoms with Gasteiger partial charge in [0.25, 0.3) is 0 Å². The molecule has 0 unspecified atom stereocenters. The Morgan fingerprint density at radius 2 is 1.15 bits per heavy atom. The second-order valence-electron chi connectivity index (χ2n) is 9.02. The van der Waals surface area contributed by atoms with Crippen LogP contribution in [0.5, 0.6) is 0 Å². The molecule has 8 heteroatoms. The number of hydrogen-bond acceptors (Lipinski definition) is 7. The normalized spacial score (nSPS) is 14.8. The Morgan fingerprint density at radius 3 is 1.54 bits per heavy atom. The number of ether oxygens (including phenoxy) is 3. The van der Waals surface area contributed by atoms with Gasteiger partial charge in [-0.2, -0.15) is 0 Å². The Hall–Kier alpha value is -1.83. The maximum Gasteiger partial charge on any atom is 0.408 e. The zero-order chi connectivity index (χ0) is 20.9. The molecule has 0 bridgehead atoms. The Balaban J connectivity index is 5.17. The molecule has 1 amide bonds. The van der Waals surface area contributed by atoms with Crippen molar-refractivity contribution in [1.82, 2.24) is 5.32 Å². The van der Waals surface area contributed by atoms with Crippen LogP contribution >= 0.6 is 0 Å². The SMILES string of the molecule is CC(C)(C)OC(=O)N[C@@H](C[C@H](O)C(=O)OC(C)(C)C)C(=O)OC(C)(C)C. The fraction of sp³-hybridized carbons (Fsp3) is 0.833. The molecule has 0 spiro atoms. The highest BCUT2D eigenvalue weighted by atomic mass is 16.6. The first kappa shape index (κ1) is 24.2. The molecule has 0 aliphatic carbocycles. The number of esters is 2. The van der Waals surface area contributed by atoms with Gasteiger partial charge >= 0.3 is 18.0 Å². The zero-order valence-electron chi connectivity index (χ0n) is 17.3. The Labute approximate surface area is 155 Å². The van der Waals surface area contributed by atoms with Crippen molar-refractivity contribution in [2.75, 3.05) is 0 Å². The number of carbonyl (C=O) groups is 3. The van der Waals surface area contributed by atoms with E-state index in [4.69, 9.17) is 14.2 Å². The zero-order valence-corrected chi connectivity index (χ0v) is 17.3. The van der Waals surface area contributed by atoms with E-state index < -0.39 is 53.4 Å². The van der Waals surface area contributed by atoms with Gasteiger partial charge < -0.3 is 24.6 Å². The van der Waals surface area contributed by atoms with Crippen molar-refractivity contribution >= 4 is 18.0 Å². The van der Waals surface area contributed by atoms with Crippen LogP contribution in [0.1, 0.15) is 68.7 Å². The fourth-order valence-electron chi connectivity index (χ4n) is 1.73. The molecule has 8 nitrogen and oxygen atoms in total. The highest BCUT2D eigenvalue weighted by Gasteiger charge is 2.34. The average molecular weight is 375 g/mol. The largest absolute Gasteiger partial charge is 0.458 e. The van der Waals surface area contributed by atoms with E-state index in [9.17, 15) is 19.5 Å². The molecule has 0 saturated heterocycles. The van der Waals surface area contributed by atoms with Gasteiger partial charge in [0.15, 0.2) is 6.10 Å². The van der Waals surface area contributed by atoms with E-state index in [1.165, 1.54) is 0 Å². The highest BCUT2D eigenvalue weighted by molar-refractivity contribution is 5.83. The molecule has 0 rings (SSSR count). The third-order valence-electron chi connectivity index (χ3n) is 2.52. The standard InChI is InChI=1S/C18H33NO7/c1-16(2,3)24-13(21)11(19-15(23)26-18(7,8)9)10-12(20)14(22)25-17(4,5)6/h11-12,20H,10H2,1-9H3,(H,19,23)/t11-,12-/m0/s1. The third-order valence-corrected chi connectivity index (χ3v) is 2.52. The van der Waals surface area contributed by atoms with E-state index >= 15 is 0 Å². The highest BCUT2D eigenvalue weighted by Crippen LogP contribution is 2.15. The number of carbonyl (C=O) groups excluding carboxylic acids is 3. The van der Waals surface area contributed by atoms with Crippen LogP contribution in [0, 0.1) is 0 Å². The summed E-state index contributed by atoms with van der Waals surface area (Å²) in [6, 6.07) is -1.27. The summed E-state index contributed by atoms with van der Waals surface area (Å²) >= 11 is 0. The first-order valence-corrected chi connectivity index (χ1v) is 8.53. The number of hydrogen-bond donors (Lipinski definition) is 2. The van der Waals surface area contributed by atoms with Gasteiger partial charge in [0.05, 0.1) is 0 Å². The summed E-state index contributed by atoms with van der Waals surface area (Å²) in [5, 5.41) is 12.4. The van der Waals surface area contributed by atoms with E-state index in [0.29, 0.717) is 0 Å². The van der Waals surface area contributed by atoms with E-state index in [0.717, 1.165) is 0 Å². The summed E-state index contributed by atoms with van der Waals surface area (Å²) in [4.78, 5) is 36.3. The smallest absolute Gasteiger partial charge is 0.408 e. The summed E-state index contributed by atoms with van der Waals surface area (Å²) in [5.41, 5.74) is -2.37. The van der Waals surface area contributed by atoms with Crippen LogP contribution in [0.3, 0.4) is 0 Å². The lowest BCUT2D eigenvalue weighted by Gasteiger charge is -2.27. The lowest BCUT2D eigenvalue weighted by Crippen LogP contribution is -2.48. The third kappa shape index (κ3) is 11.7. The number of aliphatic hydroxyl groups is 1. The molecule has 0 aliphatic rings. The second kappa shape index (κ2) is 8.70. The summed E-state index contributed by atoms with van der Waals surface area (Å²) in [6.45, 7) is 15.0. The minimum atomic E-state index is -1.61. The monoisotopic (exact) mass is 375 g/mol. The van der Waals surface area contributed by atoms with Crippen LogP contribution in [0.25, 0.3) is 0 Å². The van der Waals surface area contributed by atoms with Gasteiger partial charge in [-0.25, -0.2) is 14.4 Å². The van der Waals surface area contributed by atoms with Gasteiger partial charge in [0.2, 0.25) is 0 Å². The van der Waals surface area contributed by atoms with Gasteiger partial charge in [0.1, 0.15) is 22.8 Å². The lowest BCUT2D eigenvalue weighted by atomic mass is 10.1. The minimum Gasteiger partial charge on any atom is -0.458 e. The minimum absolute atomic E-state index is 0.400. The molecule has 0 aromatic rings. The van der Waals surface area contributed by atoms with Gasteiger partial charge in [-0.05, 0) is 62.3 Å². The quantitative estimate of drug-likeness (QED) is 0.560. The number of nitrogens with one attached hydrogen (secondary N) is 1. The summed E-state index contributed by atoms with van der Waals surface area (Å²) in [5.74, 6) is -1.68. The van der Waals surface area contributed by atoms with E-state index in [1.807, 2.05) is 0 Å². The van der Waals surface area contributed by atoms with Gasteiger partial charge in [-0.3, -0.25) is 0 Å². The molecule has 0 heterocycles. The van der Waals surface area contributed by atoms with Gasteiger partial charge in [0, 0.05) is 6.42 Å². The van der Waals surface area contributed by atoms with E-state index in [1.54, 1.807) is 62.3 Å². The molecule has 0 saturated carbocycles. The molecule has 0 aromatic heterocycles. The maximum absolute atomic E-state index is 12.3. The van der Waals surface area contributed by atoms with E-state index in [2.05, 4.69) is 5.32 Å². The average Bonchev–Trinajstić information content (AvgIpc) is 2.30. The molecule has 0 aliphatic heterocycles.